The van der Waals surface area contributed by atoms with Gasteiger partial charge in [0.1, 0.15) is 6.10 Å². The highest BCUT2D eigenvalue weighted by Crippen LogP contribution is 2.42. The van der Waals surface area contributed by atoms with E-state index in [1.807, 2.05) is 6.92 Å². The van der Waals surface area contributed by atoms with E-state index < -0.39 is 42.0 Å². The predicted octanol–water partition coefficient (Wildman–Crippen LogP) is 1.83. The number of esters is 2. The van der Waals surface area contributed by atoms with Crippen LogP contribution in [0.5, 0.6) is 0 Å². The highest BCUT2D eigenvalue weighted by Gasteiger charge is 2.58. The summed E-state index contributed by atoms with van der Waals surface area (Å²) in [6, 6.07) is 0. The van der Waals surface area contributed by atoms with Gasteiger partial charge in [0.15, 0.2) is 6.17 Å². The van der Waals surface area contributed by atoms with Crippen molar-refractivity contribution in [2.45, 2.75) is 65.2 Å². The summed E-state index contributed by atoms with van der Waals surface area (Å²) in [4.78, 5) is 23.0. The van der Waals surface area contributed by atoms with Crippen molar-refractivity contribution in [3.63, 3.8) is 0 Å². The van der Waals surface area contributed by atoms with Crippen LogP contribution in [0.1, 0.15) is 41.0 Å². The summed E-state index contributed by atoms with van der Waals surface area (Å²) in [6.07, 6.45) is -2.48. The molecule has 23 heavy (non-hydrogen) atoms. The van der Waals surface area contributed by atoms with Gasteiger partial charge >= 0.3 is 11.9 Å². The van der Waals surface area contributed by atoms with Crippen molar-refractivity contribution in [3.05, 3.63) is 0 Å². The number of carbonyl (C=O) groups excluding carboxylic acids is 2. The van der Waals surface area contributed by atoms with E-state index >= 15 is 0 Å². The van der Waals surface area contributed by atoms with Gasteiger partial charge in [0.05, 0.1) is 13.2 Å². The van der Waals surface area contributed by atoms with Crippen LogP contribution in [0.3, 0.4) is 0 Å². The van der Waals surface area contributed by atoms with Crippen LogP contribution in [-0.2, 0) is 23.8 Å². The molecule has 1 heterocycles. The zero-order valence-electron chi connectivity index (χ0n) is 14.5. The van der Waals surface area contributed by atoms with E-state index in [1.54, 1.807) is 20.8 Å². The SMILES string of the molecule is CC[C@@H](OC(C)=O)[C@@H](C)C1O[C@](O)(C(=O)OC)C(F)[C@@H](C)[C@H]1C. The first kappa shape index (κ1) is 19.8. The summed E-state index contributed by atoms with van der Waals surface area (Å²) in [6.45, 7) is 8.35. The molecule has 0 aromatic rings. The highest BCUT2D eigenvalue weighted by atomic mass is 19.1. The van der Waals surface area contributed by atoms with Gasteiger partial charge in [-0.15, -0.1) is 0 Å². The van der Waals surface area contributed by atoms with E-state index in [4.69, 9.17) is 9.47 Å². The normalized spacial score (nSPS) is 36.9. The number of carbonyl (C=O) groups is 2. The Balaban J connectivity index is 3.09. The monoisotopic (exact) mass is 334 g/mol. The number of methoxy groups -OCH3 is 1. The first-order chi connectivity index (χ1) is 10.6. The van der Waals surface area contributed by atoms with Gasteiger partial charge in [-0.2, -0.15) is 0 Å². The van der Waals surface area contributed by atoms with Crippen molar-refractivity contribution >= 4 is 11.9 Å². The summed E-state index contributed by atoms with van der Waals surface area (Å²) in [5.41, 5.74) is 0. The molecule has 1 N–H and O–H groups in total. The third kappa shape index (κ3) is 3.83. The second-order valence-corrected chi connectivity index (χ2v) is 6.31. The molecule has 1 saturated heterocycles. The van der Waals surface area contributed by atoms with Crippen LogP contribution in [0.2, 0.25) is 0 Å². The van der Waals surface area contributed by atoms with E-state index in [2.05, 4.69) is 4.74 Å². The van der Waals surface area contributed by atoms with Crippen molar-refractivity contribution < 1.29 is 33.3 Å². The molecule has 0 saturated carbocycles. The molecule has 1 aliphatic rings. The zero-order valence-corrected chi connectivity index (χ0v) is 14.5. The fourth-order valence-electron chi connectivity index (χ4n) is 3.18. The molecule has 134 valence electrons. The molecule has 0 aliphatic carbocycles. The molecule has 1 aliphatic heterocycles. The maximum Gasteiger partial charge on any atom is 0.369 e. The molecule has 2 unspecified atom stereocenters. The van der Waals surface area contributed by atoms with Gasteiger partial charge < -0.3 is 19.3 Å². The number of ether oxygens (including phenoxy) is 3. The van der Waals surface area contributed by atoms with Gasteiger partial charge in [-0.1, -0.05) is 27.7 Å². The van der Waals surface area contributed by atoms with Gasteiger partial charge in [-0.3, -0.25) is 4.79 Å². The van der Waals surface area contributed by atoms with Gasteiger partial charge in [0, 0.05) is 12.8 Å². The van der Waals surface area contributed by atoms with E-state index in [0.717, 1.165) is 7.11 Å². The second-order valence-electron chi connectivity index (χ2n) is 6.31. The minimum atomic E-state index is -2.64. The zero-order chi connectivity index (χ0) is 17.9. The fourth-order valence-corrected chi connectivity index (χ4v) is 3.18. The maximum atomic E-state index is 14.5. The number of hydrogen-bond donors (Lipinski definition) is 1. The lowest BCUT2D eigenvalue weighted by molar-refractivity contribution is -0.314. The summed E-state index contributed by atoms with van der Waals surface area (Å²) in [5, 5.41) is 10.4. The van der Waals surface area contributed by atoms with E-state index in [-0.39, 0.29) is 11.8 Å². The molecule has 7 heteroatoms. The second kappa shape index (κ2) is 7.57. The Morgan fingerprint density at radius 3 is 2.35 bits per heavy atom. The number of halogens is 1. The van der Waals surface area contributed by atoms with Crippen LogP contribution in [0, 0.1) is 17.8 Å². The lowest BCUT2D eigenvalue weighted by Gasteiger charge is -2.47. The molecular formula is C16H27FO6. The Hall–Kier alpha value is -1.21. The Bertz CT molecular complexity index is 442. The maximum absolute atomic E-state index is 14.5. The van der Waals surface area contributed by atoms with Gasteiger partial charge in [-0.05, 0) is 18.3 Å². The highest BCUT2D eigenvalue weighted by molar-refractivity contribution is 5.78. The fraction of sp³-hybridized carbons (Fsp3) is 0.875. The standard InChI is InChI=1S/C16H27FO6/c1-7-12(22-11(5)18)10(4)13-8(2)9(3)14(17)16(20,23-13)15(19)21-6/h8-10,12-14,20H,7H2,1-6H3/t8-,9+,10-,12-,13?,14?,16+/m1/s1. The number of alkyl halides is 1. The van der Waals surface area contributed by atoms with Crippen LogP contribution in [0.25, 0.3) is 0 Å². The minimum Gasteiger partial charge on any atom is -0.465 e. The average Bonchev–Trinajstić information content (AvgIpc) is 2.52. The minimum absolute atomic E-state index is 0.283. The summed E-state index contributed by atoms with van der Waals surface area (Å²) in [5.74, 6) is -5.48. The summed E-state index contributed by atoms with van der Waals surface area (Å²) in [7, 11) is 1.06. The largest absolute Gasteiger partial charge is 0.465 e. The Morgan fingerprint density at radius 2 is 1.91 bits per heavy atom. The lowest BCUT2D eigenvalue weighted by atomic mass is 9.75. The molecule has 6 nitrogen and oxygen atoms in total. The molecule has 1 fully saturated rings. The lowest BCUT2D eigenvalue weighted by Crippen LogP contribution is -2.63. The van der Waals surface area contributed by atoms with Gasteiger partial charge in [0.25, 0.3) is 5.79 Å². The molecular weight excluding hydrogens is 307 g/mol. The predicted molar refractivity (Wildman–Crippen MR) is 80.1 cm³/mol. The Morgan fingerprint density at radius 1 is 1.35 bits per heavy atom. The third-order valence-electron chi connectivity index (χ3n) is 4.80. The Labute approximate surface area is 136 Å². The van der Waals surface area contributed by atoms with E-state index in [0.29, 0.717) is 6.42 Å². The van der Waals surface area contributed by atoms with Crippen molar-refractivity contribution in [2.24, 2.45) is 17.8 Å². The van der Waals surface area contributed by atoms with Crippen LogP contribution < -0.4 is 0 Å². The van der Waals surface area contributed by atoms with Crippen molar-refractivity contribution in [1.29, 1.82) is 0 Å². The quantitative estimate of drug-likeness (QED) is 0.773. The van der Waals surface area contributed by atoms with Crippen molar-refractivity contribution in [1.82, 2.24) is 0 Å². The summed E-state index contributed by atoms with van der Waals surface area (Å²) < 4.78 is 29.7. The molecule has 1 rings (SSSR count). The van der Waals surface area contributed by atoms with Gasteiger partial charge in [0.2, 0.25) is 0 Å². The first-order valence-electron chi connectivity index (χ1n) is 7.89. The van der Waals surface area contributed by atoms with Crippen molar-refractivity contribution in [3.8, 4) is 0 Å². The van der Waals surface area contributed by atoms with E-state index in [1.165, 1.54) is 6.92 Å². The molecule has 0 amide bonds. The molecule has 0 bridgehead atoms. The van der Waals surface area contributed by atoms with Crippen molar-refractivity contribution in [2.75, 3.05) is 7.11 Å². The average molecular weight is 334 g/mol. The topological polar surface area (TPSA) is 82.1 Å². The van der Waals surface area contributed by atoms with E-state index in [9.17, 15) is 19.1 Å². The number of hydrogen-bond acceptors (Lipinski definition) is 6. The van der Waals surface area contributed by atoms with Crippen LogP contribution in [0.4, 0.5) is 4.39 Å². The first-order valence-corrected chi connectivity index (χ1v) is 7.89. The molecule has 7 atom stereocenters. The molecule has 0 aromatic carbocycles. The smallest absolute Gasteiger partial charge is 0.369 e. The van der Waals surface area contributed by atoms with Crippen LogP contribution in [-0.4, -0.2) is 48.3 Å². The molecule has 0 radical (unpaired) electrons. The molecule has 0 aromatic heterocycles. The van der Waals surface area contributed by atoms with Crippen LogP contribution >= 0.6 is 0 Å². The number of aliphatic hydroxyl groups is 1. The Kier molecular flexibility index (Phi) is 6.53. The number of rotatable bonds is 5. The van der Waals surface area contributed by atoms with Crippen LogP contribution in [0.15, 0.2) is 0 Å². The summed E-state index contributed by atoms with van der Waals surface area (Å²) >= 11 is 0. The molecule has 0 spiro atoms. The van der Waals surface area contributed by atoms with Gasteiger partial charge in [-0.25, -0.2) is 9.18 Å². The third-order valence-corrected chi connectivity index (χ3v) is 4.80.